The fourth-order valence-electron chi connectivity index (χ4n) is 1.49. The van der Waals surface area contributed by atoms with E-state index in [0.29, 0.717) is 0 Å². The van der Waals surface area contributed by atoms with Crippen LogP contribution in [-0.2, 0) is 14.2 Å². The molecule has 0 bridgehead atoms. The molecule has 0 aromatic heterocycles. The predicted octanol–water partition coefficient (Wildman–Crippen LogP) is 0.320. The maximum atomic E-state index is 5.63. The first kappa shape index (κ1) is 10.0. The van der Waals surface area contributed by atoms with E-state index in [0.717, 1.165) is 6.42 Å². The molecule has 1 rings (SSSR count). The summed E-state index contributed by atoms with van der Waals surface area (Å²) in [4.78, 5) is 0. The monoisotopic (exact) mass is 170 g/mol. The highest BCUT2D eigenvalue weighted by atomic mass is 16.6. The molecule has 0 amide bonds. The van der Waals surface area contributed by atoms with Gasteiger partial charge in [-0.1, -0.05) is 0 Å². The van der Waals surface area contributed by atoms with Gasteiger partial charge in [0.25, 0.3) is 0 Å². The van der Waals surface area contributed by atoms with Gasteiger partial charge >= 0.3 is 0 Å². The molecule has 0 N–H and O–H groups in total. The zero-order valence-electron chi connectivity index (χ0n) is 7.82. The molecule has 1 aliphatic heterocycles. The van der Waals surface area contributed by atoms with Crippen LogP contribution in [0.25, 0.3) is 0 Å². The summed E-state index contributed by atoms with van der Waals surface area (Å²) in [6.07, 6.45) is 0.808. The zero-order chi connectivity index (χ0) is 9.14. The van der Waals surface area contributed by atoms with Crippen molar-refractivity contribution in [3.63, 3.8) is 0 Å². The number of methoxy groups -OCH3 is 2. The zero-order valence-corrected chi connectivity index (χ0v) is 7.82. The molecular formula is C8H15BO3. The Morgan fingerprint density at radius 3 is 2.67 bits per heavy atom. The third-order valence-electron chi connectivity index (χ3n) is 2.30. The first-order valence-electron chi connectivity index (χ1n) is 4.15. The van der Waals surface area contributed by atoms with Crippen molar-refractivity contribution in [2.45, 2.75) is 37.7 Å². The summed E-state index contributed by atoms with van der Waals surface area (Å²) >= 11 is 0. The van der Waals surface area contributed by atoms with Crippen molar-refractivity contribution in [2.75, 3.05) is 14.2 Å². The van der Waals surface area contributed by atoms with Crippen molar-refractivity contribution >= 4 is 7.85 Å². The van der Waals surface area contributed by atoms with Crippen molar-refractivity contribution in [1.29, 1.82) is 0 Å². The van der Waals surface area contributed by atoms with E-state index in [1.165, 1.54) is 0 Å². The van der Waals surface area contributed by atoms with E-state index in [4.69, 9.17) is 22.1 Å². The molecule has 1 saturated heterocycles. The second kappa shape index (κ2) is 4.26. The van der Waals surface area contributed by atoms with Gasteiger partial charge in [-0.15, -0.1) is 0 Å². The number of hydrogen-bond donors (Lipinski definition) is 0. The molecule has 1 aliphatic rings. The van der Waals surface area contributed by atoms with Crippen molar-refractivity contribution in [3.05, 3.63) is 0 Å². The molecule has 0 spiro atoms. The minimum absolute atomic E-state index is 0.0310. The summed E-state index contributed by atoms with van der Waals surface area (Å²) < 4.78 is 15.8. The molecule has 4 atom stereocenters. The molecule has 2 radical (unpaired) electrons. The molecule has 12 heavy (non-hydrogen) atoms. The normalized spacial score (nSPS) is 38.4. The van der Waals surface area contributed by atoms with Crippen molar-refractivity contribution in [3.8, 4) is 0 Å². The predicted molar refractivity (Wildman–Crippen MR) is 46.3 cm³/mol. The minimum atomic E-state index is -0.211. The molecule has 1 heterocycles. The van der Waals surface area contributed by atoms with E-state index >= 15 is 0 Å². The van der Waals surface area contributed by atoms with E-state index in [2.05, 4.69) is 0 Å². The fourth-order valence-corrected chi connectivity index (χ4v) is 1.49. The largest absolute Gasteiger partial charge is 0.379 e. The van der Waals surface area contributed by atoms with Gasteiger partial charge in [0.2, 0.25) is 0 Å². The van der Waals surface area contributed by atoms with Crippen molar-refractivity contribution < 1.29 is 14.2 Å². The quantitative estimate of drug-likeness (QED) is 0.571. The van der Waals surface area contributed by atoms with Crippen LogP contribution in [0, 0.1) is 0 Å². The van der Waals surface area contributed by atoms with Gasteiger partial charge in [-0.3, -0.25) is 0 Å². The van der Waals surface area contributed by atoms with Crippen molar-refractivity contribution in [2.24, 2.45) is 0 Å². The summed E-state index contributed by atoms with van der Waals surface area (Å²) in [6, 6.07) is -0.211. The minimum Gasteiger partial charge on any atom is -0.379 e. The van der Waals surface area contributed by atoms with Crippen LogP contribution in [0.2, 0.25) is 0 Å². The molecule has 1 fully saturated rings. The SMILES string of the molecule is [B][C@H]1C[C@H](OC)[C@@H]([C@@H](C)OC)O1. The third-order valence-corrected chi connectivity index (χ3v) is 2.30. The first-order chi connectivity index (χ1) is 5.69. The van der Waals surface area contributed by atoms with Gasteiger partial charge < -0.3 is 14.2 Å². The van der Waals surface area contributed by atoms with Crippen LogP contribution in [0.4, 0.5) is 0 Å². The van der Waals surface area contributed by atoms with E-state index < -0.39 is 0 Å². The Morgan fingerprint density at radius 1 is 1.50 bits per heavy atom. The lowest BCUT2D eigenvalue weighted by Crippen LogP contribution is -2.34. The molecule has 3 nitrogen and oxygen atoms in total. The Morgan fingerprint density at radius 2 is 2.17 bits per heavy atom. The second-order valence-corrected chi connectivity index (χ2v) is 3.09. The van der Waals surface area contributed by atoms with Crippen LogP contribution in [0.3, 0.4) is 0 Å². The summed E-state index contributed by atoms with van der Waals surface area (Å²) in [5.74, 6) is 0. The van der Waals surface area contributed by atoms with E-state index in [-0.39, 0.29) is 24.3 Å². The molecule has 68 valence electrons. The Labute approximate surface area is 74.8 Å². The average molecular weight is 170 g/mol. The van der Waals surface area contributed by atoms with Crippen LogP contribution in [-0.4, -0.2) is 46.4 Å². The number of ether oxygens (including phenoxy) is 3. The molecule has 0 aliphatic carbocycles. The van der Waals surface area contributed by atoms with E-state index in [9.17, 15) is 0 Å². The van der Waals surface area contributed by atoms with Crippen LogP contribution in [0.1, 0.15) is 13.3 Å². The van der Waals surface area contributed by atoms with Gasteiger partial charge in [0, 0.05) is 20.2 Å². The van der Waals surface area contributed by atoms with Gasteiger partial charge in [0.15, 0.2) is 0 Å². The van der Waals surface area contributed by atoms with Gasteiger partial charge in [-0.25, -0.2) is 0 Å². The van der Waals surface area contributed by atoms with Gasteiger partial charge in [-0.2, -0.15) is 0 Å². The topological polar surface area (TPSA) is 27.7 Å². The van der Waals surface area contributed by atoms with Crippen molar-refractivity contribution in [1.82, 2.24) is 0 Å². The van der Waals surface area contributed by atoms with Gasteiger partial charge in [0.1, 0.15) is 14.0 Å². The Hall–Kier alpha value is -0.0551. The Balaban J connectivity index is 2.51. The lowest BCUT2D eigenvalue weighted by Gasteiger charge is -2.22. The highest BCUT2D eigenvalue weighted by Gasteiger charge is 2.36. The summed E-state index contributed by atoms with van der Waals surface area (Å²) in [7, 11) is 8.95. The van der Waals surface area contributed by atoms with Crippen LogP contribution < -0.4 is 0 Å². The highest BCUT2D eigenvalue weighted by molar-refractivity contribution is 6.11. The van der Waals surface area contributed by atoms with E-state index in [1.807, 2.05) is 6.92 Å². The Kier molecular flexibility index (Phi) is 3.56. The van der Waals surface area contributed by atoms with Crippen LogP contribution in [0.15, 0.2) is 0 Å². The maximum Gasteiger partial charge on any atom is 0.109 e. The second-order valence-electron chi connectivity index (χ2n) is 3.09. The van der Waals surface area contributed by atoms with E-state index in [1.54, 1.807) is 14.2 Å². The van der Waals surface area contributed by atoms with Crippen LogP contribution >= 0.6 is 0 Å². The smallest absolute Gasteiger partial charge is 0.109 e. The number of hydrogen-bond acceptors (Lipinski definition) is 3. The molecule has 0 aromatic carbocycles. The van der Waals surface area contributed by atoms with Gasteiger partial charge in [-0.05, 0) is 13.3 Å². The highest BCUT2D eigenvalue weighted by Crippen LogP contribution is 2.24. The number of rotatable bonds is 3. The molecular weight excluding hydrogens is 155 g/mol. The first-order valence-corrected chi connectivity index (χ1v) is 4.15. The molecule has 0 saturated carbocycles. The lowest BCUT2D eigenvalue weighted by molar-refractivity contribution is -0.0708. The maximum absolute atomic E-state index is 5.63. The fraction of sp³-hybridized carbons (Fsp3) is 1.00. The Bertz CT molecular complexity index is 142. The molecule has 0 unspecified atom stereocenters. The average Bonchev–Trinajstić information content (AvgIpc) is 2.45. The van der Waals surface area contributed by atoms with Crippen LogP contribution in [0.5, 0.6) is 0 Å². The third kappa shape index (κ3) is 2.00. The molecule has 4 heteroatoms. The standard InChI is InChI=1S/C8H15BO3/c1-5(10-2)8-6(11-3)4-7(9)12-8/h5-8H,4H2,1-3H3/t5-,6+,7-,8-/m1/s1. The lowest BCUT2D eigenvalue weighted by atomic mass is 9.95. The summed E-state index contributed by atoms with van der Waals surface area (Å²) in [5, 5.41) is 0. The summed E-state index contributed by atoms with van der Waals surface area (Å²) in [6.45, 7) is 1.95. The van der Waals surface area contributed by atoms with Gasteiger partial charge in [0.05, 0.1) is 12.2 Å². The molecule has 0 aromatic rings. The summed E-state index contributed by atoms with van der Waals surface area (Å²) in [5.41, 5.74) is 0.